The fourth-order valence-corrected chi connectivity index (χ4v) is 3.98. The van der Waals surface area contributed by atoms with Gasteiger partial charge < -0.3 is 19.4 Å². The lowest BCUT2D eigenvalue weighted by atomic mass is 9.92. The minimum atomic E-state index is -0.214. The summed E-state index contributed by atoms with van der Waals surface area (Å²) in [5, 5.41) is 12.0. The Morgan fingerprint density at radius 2 is 2.00 bits per heavy atom. The first-order valence-corrected chi connectivity index (χ1v) is 10.3. The molecule has 154 valence electrons. The maximum absolute atomic E-state index is 12.3. The molecule has 2 heterocycles. The zero-order valence-electron chi connectivity index (χ0n) is 17.2. The lowest BCUT2D eigenvalue weighted by Gasteiger charge is -2.34. The first-order valence-electron chi connectivity index (χ1n) is 10.3. The molecule has 0 aliphatic carbocycles. The van der Waals surface area contributed by atoms with Crippen molar-refractivity contribution in [1.29, 1.82) is 5.26 Å². The first-order chi connectivity index (χ1) is 14.0. The Hall–Kier alpha value is -2.78. The predicted octanol–water partition coefficient (Wildman–Crippen LogP) is 3.83. The van der Waals surface area contributed by atoms with Gasteiger partial charge in [-0.25, -0.2) is 0 Å². The molecular weight excluding hydrogens is 366 g/mol. The van der Waals surface area contributed by atoms with E-state index in [-0.39, 0.29) is 18.3 Å². The highest BCUT2D eigenvalue weighted by molar-refractivity contribution is 5.91. The lowest BCUT2D eigenvalue weighted by Crippen LogP contribution is -2.40. The number of likely N-dealkylation sites (tertiary alicyclic amines) is 1. The molecule has 0 radical (unpaired) electrons. The highest BCUT2D eigenvalue weighted by Gasteiger charge is 2.21. The normalized spacial score (nSPS) is 19.5. The Morgan fingerprint density at radius 1 is 1.24 bits per heavy atom. The number of benzene rings is 1. The Morgan fingerprint density at radius 3 is 2.76 bits per heavy atom. The summed E-state index contributed by atoms with van der Waals surface area (Å²) in [6, 6.07) is 12.5. The third-order valence-corrected chi connectivity index (χ3v) is 5.14. The van der Waals surface area contributed by atoms with Crippen LogP contribution in [0.1, 0.15) is 48.6 Å². The third-order valence-electron chi connectivity index (χ3n) is 5.14. The molecule has 1 aromatic carbocycles. The number of hydrogen-bond donors (Lipinski definition) is 1. The molecule has 1 aliphatic heterocycles. The number of rotatable bonds is 8. The van der Waals surface area contributed by atoms with Crippen molar-refractivity contribution in [3.63, 3.8) is 0 Å². The van der Waals surface area contributed by atoms with Crippen LogP contribution in [-0.2, 0) is 6.61 Å². The van der Waals surface area contributed by atoms with E-state index in [1.165, 1.54) is 6.42 Å². The SMILES string of the molecule is CC1CC(C)CN(CCCNC(=O)c2ccc(COc3ccccc3C#N)o2)C1. The van der Waals surface area contributed by atoms with Crippen molar-refractivity contribution in [3.05, 3.63) is 53.5 Å². The number of hydrogen-bond acceptors (Lipinski definition) is 5. The number of nitrogens with zero attached hydrogens (tertiary/aromatic N) is 2. The van der Waals surface area contributed by atoms with Crippen LogP contribution < -0.4 is 10.1 Å². The summed E-state index contributed by atoms with van der Waals surface area (Å²) in [6.45, 7) is 8.70. The van der Waals surface area contributed by atoms with Gasteiger partial charge in [-0.2, -0.15) is 5.26 Å². The van der Waals surface area contributed by atoms with E-state index in [4.69, 9.17) is 14.4 Å². The lowest BCUT2D eigenvalue weighted by molar-refractivity contribution is 0.0916. The van der Waals surface area contributed by atoms with Crippen molar-refractivity contribution >= 4 is 5.91 Å². The predicted molar refractivity (Wildman–Crippen MR) is 111 cm³/mol. The zero-order chi connectivity index (χ0) is 20.6. The molecule has 0 spiro atoms. The van der Waals surface area contributed by atoms with Crippen LogP contribution in [0.2, 0.25) is 0 Å². The number of ether oxygens (including phenoxy) is 1. The fraction of sp³-hybridized carbons (Fsp3) is 0.478. The van der Waals surface area contributed by atoms with E-state index in [0.717, 1.165) is 37.9 Å². The number of nitriles is 1. The van der Waals surface area contributed by atoms with Gasteiger partial charge in [0.2, 0.25) is 0 Å². The molecule has 0 bridgehead atoms. The Bertz CT molecular complexity index is 845. The number of carbonyl (C=O) groups is 1. The molecule has 29 heavy (non-hydrogen) atoms. The largest absolute Gasteiger partial charge is 0.484 e. The van der Waals surface area contributed by atoms with Gasteiger partial charge in [0.25, 0.3) is 5.91 Å². The molecule has 1 N–H and O–H groups in total. The van der Waals surface area contributed by atoms with Gasteiger partial charge in [-0.3, -0.25) is 4.79 Å². The van der Waals surface area contributed by atoms with E-state index in [1.807, 2.05) is 6.07 Å². The summed E-state index contributed by atoms with van der Waals surface area (Å²) < 4.78 is 11.2. The Kier molecular flexibility index (Phi) is 7.31. The van der Waals surface area contributed by atoms with Gasteiger partial charge in [-0.15, -0.1) is 0 Å². The van der Waals surface area contributed by atoms with E-state index in [9.17, 15) is 4.79 Å². The summed E-state index contributed by atoms with van der Waals surface area (Å²) in [6.07, 6.45) is 2.23. The zero-order valence-corrected chi connectivity index (χ0v) is 17.2. The average molecular weight is 396 g/mol. The summed E-state index contributed by atoms with van der Waals surface area (Å²) in [4.78, 5) is 14.8. The second-order valence-electron chi connectivity index (χ2n) is 7.98. The van der Waals surface area contributed by atoms with Crippen molar-refractivity contribution in [2.45, 2.75) is 33.3 Å². The first kappa shape index (κ1) is 20.9. The van der Waals surface area contributed by atoms with E-state index in [1.54, 1.807) is 30.3 Å². The van der Waals surface area contributed by atoms with Gasteiger partial charge in [0, 0.05) is 19.6 Å². The van der Waals surface area contributed by atoms with Crippen molar-refractivity contribution in [1.82, 2.24) is 10.2 Å². The van der Waals surface area contributed by atoms with Crippen molar-refractivity contribution < 1.29 is 13.9 Å². The summed E-state index contributed by atoms with van der Waals surface area (Å²) >= 11 is 0. The minimum Gasteiger partial charge on any atom is -0.484 e. The second kappa shape index (κ2) is 10.1. The molecule has 1 amide bonds. The number of amides is 1. The average Bonchev–Trinajstić information content (AvgIpc) is 3.18. The Balaban J connectivity index is 1.40. The Labute approximate surface area is 172 Å². The van der Waals surface area contributed by atoms with Gasteiger partial charge in [0.1, 0.15) is 24.2 Å². The molecule has 2 aromatic rings. The van der Waals surface area contributed by atoms with Gasteiger partial charge in [0.15, 0.2) is 5.76 Å². The molecular formula is C23H29N3O3. The molecule has 6 nitrogen and oxygen atoms in total. The van der Waals surface area contributed by atoms with Crippen LogP contribution in [-0.4, -0.2) is 37.0 Å². The van der Waals surface area contributed by atoms with E-state index in [0.29, 0.717) is 23.6 Å². The van der Waals surface area contributed by atoms with Crippen LogP contribution in [0, 0.1) is 23.2 Å². The number of furan rings is 1. The van der Waals surface area contributed by atoms with Crippen LogP contribution in [0.25, 0.3) is 0 Å². The van der Waals surface area contributed by atoms with Crippen molar-refractivity contribution in [3.8, 4) is 11.8 Å². The van der Waals surface area contributed by atoms with Crippen LogP contribution >= 0.6 is 0 Å². The standard InChI is InChI=1S/C23H29N3O3/c1-17-12-18(2)15-26(14-17)11-5-10-25-23(27)22-9-8-20(29-22)16-28-21-7-4-3-6-19(21)13-24/h3-4,6-9,17-18H,5,10-12,14-16H2,1-2H3,(H,25,27). The number of nitrogens with one attached hydrogen (secondary N) is 1. The van der Waals surface area contributed by atoms with Gasteiger partial charge in [0.05, 0.1) is 5.56 Å². The smallest absolute Gasteiger partial charge is 0.286 e. The molecule has 0 saturated carbocycles. The monoisotopic (exact) mass is 395 g/mol. The van der Waals surface area contributed by atoms with Crippen LogP contribution in [0.3, 0.4) is 0 Å². The van der Waals surface area contributed by atoms with Gasteiger partial charge in [-0.05, 0) is 55.5 Å². The van der Waals surface area contributed by atoms with Gasteiger partial charge in [-0.1, -0.05) is 26.0 Å². The molecule has 1 saturated heterocycles. The third kappa shape index (κ3) is 6.10. The van der Waals surface area contributed by atoms with Crippen molar-refractivity contribution in [2.24, 2.45) is 11.8 Å². The summed E-state index contributed by atoms with van der Waals surface area (Å²) in [5.74, 6) is 2.60. The second-order valence-corrected chi connectivity index (χ2v) is 7.98. The summed E-state index contributed by atoms with van der Waals surface area (Å²) in [5.41, 5.74) is 0.467. The topological polar surface area (TPSA) is 78.5 Å². The molecule has 2 atom stereocenters. The van der Waals surface area contributed by atoms with Crippen molar-refractivity contribution in [2.75, 3.05) is 26.2 Å². The number of carbonyl (C=O) groups excluding carboxylic acids is 1. The van der Waals surface area contributed by atoms with Crippen LogP contribution in [0.5, 0.6) is 5.75 Å². The maximum atomic E-state index is 12.3. The van der Waals surface area contributed by atoms with E-state index >= 15 is 0 Å². The van der Waals surface area contributed by atoms with Gasteiger partial charge >= 0.3 is 0 Å². The molecule has 2 unspecified atom stereocenters. The molecule has 3 rings (SSSR count). The van der Waals surface area contributed by atoms with Crippen LogP contribution in [0.4, 0.5) is 0 Å². The number of piperidine rings is 1. The molecule has 1 aliphatic rings. The summed E-state index contributed by atoms with van der Waals surface area (Å²) in [7, 11) is 0. The maximum Gasteiger partial charge on any atom is 0.286 e. The van der Waals surface area contributed by atoms with E-state index < -0.39 is 0 Å². The van der Waals surface area contributed by atoms with E-state index in [2.05, 4.69) is 30.1 Å². The van der Waals surface area contributed by atoms with Crippen LogP contribution in [0.15, 0.2) is 40.8 Å². The minimum absolute atomic E-state index is 0.164. The number of para-hydroxylation sites is 1. The molecule has 6 heteroatoms. The highest BCUT2D eigenvalue weighted by atomic mass is 16.5. The highest BCUT2D eigenvalue weighted by Crippen LogP contribution is 2.21. The molecule has 1 aromatic heterocycles. The quantitative estimate of drug-likeness (QED) is 0.687. The fourth-order valence-electron chi connectivity index (χ4n) is 3.98. The molecule has 1 fully saturated rings.